The molecule has 16 heavy (non-hydrogen) atoms. The molecule has 0 saturated carbocycles. The predicted molar refractivity (Wildman–Crippen MR) is 65.2 cm³/mol. The second-order valence-corrected chi connectivity index (χ2v) is 5.69. The van der Waals surface area contributed by atoms with Gasteiger partial charge in [-0.2, -0.15) is 0 Å². The first kappa shape index (κ1) is 11.7. The Balaban J connectivity index is 1.92. The summed E-state index contributed by atoms with van der Waals surface area (Å²) in [7, 11) is 0. The van der Waals surface area contributed by atoms with E-state index in [1.165, 1.54) is 0 Å². The minimum Gasteiger partial charge on any atom is -0.468 e. The highest BCUT2D eigenvalue weighted by atomic mass is 16.3. The first-order chi connectivity index (χ1) is 7.55. The van der Waals surface area contributed by atoms with Crippen LogP contribution in [-0.2, 0) is 6.54 Å². The summed E-state index contributed by atoms with van der Waals surface area (Å²) < 4.78 is 5.40. The molecule has 0 amide bonds. The third-order valence-corrected chi connectivity index (χ3v) is 3.26. The fraction of sp³-hybridized carbons (Fsp3) is 0.692. The summed E-state index contributed by atoms with van der Waals surface area (Å²) >= 11 is 0. The van der Waals surface area contributed by atoms with Crippen LogP contribution in [0.15, 0.2) is 22.8 Å². The standard InChI is InChI=1S/C13H22N2O/c1-13(2,3)12-10-15(7-6-14-12)9-11-5-4-8-16-11/h4-5,8,12,14H,6-7,9-10H2,1-3H3. The Bertz CT molecular complexity index is 313. The van der Waals surface area contributed by atoms with Crippen molar-refractivity contribution >= 4 is 0 Å². The molecule has 3 heteroatoms. The van der Waals surface area contributed by atoms with Gasteiger partial charge in [0, 0.05) is 25.7 Å². The number of hydrogen-bond acceptors (Lipinski definition) is 3. The number of nitrogens with one attached hydrogen (secondary N) is 1. The van der Waals surface area contributed by atoms with Gasteiger partial charge in [0.25, 0.3) is 0 Å². The lowest BCUT2D eigenvalue weighted by Gasteiger charge is -2.40. The maximum atomic E-state index is 5.40. The Morgan fingerprint density at radius 3 is 2.94 bits per heavy atom. The zero-order valence-corrected chi connectivity index (χ0v) is 10.5. The molecule has 2 heterocycles. The Morgan fingerprint density at radius 1 is 1.50 bits per heavy atom. The Morgan fingerprint density at radius 2 is 2.31 bits per heavy atom. The lowest BCUT2D eigenvalue weighted by molar-refractivity contribution is 0.123. The normalized spacial score (nSPS) is 23.6. The number of furan rings is 1. The van der Waals surface area contributed by atoms with E-state index < -0.39 is 0 Å². The minimum absolute atomic E-state index is 0.321. The van der Waals surface area contributed by atoms with Gasteiger partial charge in [0.15, 0.2) is 0 Å². The summed E-state index contributed by atoms with van der Waals surface area (Å²) in [4.78, 5) is 2.46. The summed E-state index contributed by atoms with van der Waals surface area (Å²) in [6.07, 6.45) is 1.75. The molecule has 1 saturated heterocycles. The maximum Gasteiger partial charge on any atom is 0.117 e. The zero-order chi connectivity index (χ0) is 11.6. The molecular formula is C13H22N2O. The van der Waals surface area contributed by atoms with Crippen molar-refractivity contribution in [1.82, 2.24) is 10.2 Å². The minimum atomic E-state index is 0.321. The van der Waals surface area contributed by atoms with E-state index in [-0.39, 0.29) is 0 Å². The average Bonchev–Trinajstić information content (AvgIpc) is 2.70. The number of hydrogen-bond donors (Lipinski definition) is 1. The van der Waals surface area contributed by atoms with E-state index in [9.17, 15) is 0 Å². The molecule has 3 nitrogen and oxygen atoms in total. The second kappa shape index (κ2) is 4.60. The van der Waals surface area contributed by atoms with Gasteiger partial charge in [0.2, 0.25) is 0 Å². The van der Waals surface area contributed by atoms with Gasteiger partial charge in [-0.15, -0.1) is 0 Å². The molecule has 1 N–H and O–H groups in total. The Hall–Kier alpha value is -0.800. The smallest absolute Gasteiger partial charge is 0.117 e. The monoisotopic (exact) mass is 222 g/mol. The summed E-state index contributed by atoms with van der Waals surface area (Å²) in [5, 5.41) is 3.60. The highest BCUT2D eigenvalue weighted by Gasteiger charge is 2.29. The number of piperazine rings is 1. The maximum absolute atomic E-state index is 5.40. The van der Waals surface area contributed by atoms with Gasteiger partial charge >= 0.3 is 0 Å². The topological polar surface area (TPSA) is 28.4 Å². The van der Waals surface area contributed by atoms with Crippen molar-refractivity contribution in [3.63, 3.8) is 0 Å². The van der Waals surface area contributed by atoms with Crippen molar-refractivity contribution in [2.45, 2.75) is 33.4 Å². The third kappa shape index (κ3) is 2.86. The predicted octanol–water partition coefficient (Wildman–Crippen LogP) is 2.10. The molecule has 1 atom stereocenters. The first-order valence-electron chi connectivity index (χ1n) is 6.04. The van der Waals surface area contributed by atoms with Gasteiger partial charge in [-0.25, -0.2) is 0 Å². The number of nitrogens with zero attached hydrogens (tertiary/aromatic N) is 1. The average molecular weight is 222 g/mol. The molecule has 0 radical (unpaired) electrons. The van der Waals surface area contributed by atoms with E-state index >= 15 is 0 Å². The van der Waals surface area contributed by atoms with E-state index in [0.29, 0.717) is 11.5 Å². The summed E-state index contributed by atoms with van der Waals surface area (Å²) in [6.45, 7) is 11.1. The molecule has 1 aliphatic heterocycles. The van der Waals surface area contributed by atoms with E-state index in [2.05, 4.69) is 31.0 Å². The Labute approximate surface area is 97.8 Å². The molecule has 0 aromatic carbocycles. The van der Waals surface area contributed by atoms with E-state index in [1.54, 1.807) is 6.26 Å². The molecule has 1 aliphatic rings. The van der Waals surface area contributed by atoms with Crippen molar-refractivity contribution in [2.75, 3.05) is 19.6 Å². The van der Waals surface area contributed by atoms with Gasteiger partial charge in [-0.1, -0.05) is 20.8 Å². The van der Waals surface area contributed by atoms with Crippen LogP contribution < -0.4 is 5.32 Å². The van der Waals surface area contributed by atoms with Gasteiger partial charge in [-0.05, 0) is 17.5 Å². The molecule has 1 fully saturated rings. The molecule has 1 aromatic rings. The SMILES string of the molecule is CC(C)(C)C1CN(Cc2ccco2)CCN1. The highest BCUT2D eigenvalue weighted by Crippen LogP contribution is 2.22. The van der Waals surface area contributed by atoms with E-state index in [1.807, 2.05) is 12.1 Å². The molecule has 0 spiro atoms. The first-order valence-corrected chi connectivity index (χ1v) is 6.04. The summed E-state index contributed by atoms with van der Waals surface area (Å²) in [6, 6.07) is 4.57. The van der Waals surface area contributed by atoms with Crippen molar-refractivity contribution in [2.24, 2.45) is 5.41 Å². The lowest BCUT2D eigenvalue weighted by atomic mass is 9.85. The molecule has 90 valence electrons. The molecular weight excluding hydrogens is 200 g/mol. The van der Waals surface area contributed by atoms with Gasteiger partial charge in [0.05, 0.1) is 12.8 Å². The quantitative estimate of drug-likeness (QED) is 0.830. The van der Waals surface area contributed by atoms with Gasteiger partial charge in [0.1, 0.15) is 5.76 Å². The van der Waals surface area contributed by atoms with Crippen LogP contribution >= 0.6 is 0 Å². The Kier molecular flexibility index (Phi) is 3.36. The molecule has 1 aromatic heterocycles. The van der Waals surface area contributed by atoms with Crippen LogP contribution in [0.4, 0.5) is 0 Å². The highest BCUT2D eigenvalue weighted by molar-refractivity contribution is 4.99. The van der Waals surface area contributed by atoms with Crippen LogP contribution in [0.2, 0.25) is 0 Å². The second-order valence-electron chi connectivity index (χ2n) is 5.69. The van der Waals surface area contributed by atoms with Crippen molar-refractivity contribution in [3.05, 3.63) is 24.2 Å². The van der Waals surface area contributed by atoms with Gasteiger partial charge in [-0.3, -0.25) is 4.90 Å². The number of rotatable bonds is 2. The van der Waals surface area contributed by atoms with Crippen LogP contribution in [0.1, 0.15) is 26.5 Å². The molecule has 0 bridgehead atoms. The fourth-order valence-corrected chi connectivity index (χ4v) is 2.16. The van der Waals surface area contributed by atoms with Crippen LogP contribution in [0.5, 0.6) is 0 Å². The fourth-order valence-electron chi connectivity index (χ4n) is 2.16. The van der Waals surface area contributed by atoms with Crippen LogP contribution in [0.25, 0.3) is 0 Å². The van der Waals surface area contributed by atoms with Crippen LogP contribution in [-0.4, -0.2) is 30.6 Å². The third-order valence-electron chi connectivity index (χ3n) is 3.26. The summed E-state index contributed by atoms with van der Waals surface area (Å²) in [5.41, 5.74) is 0.321. The van der Waals surface area contributed by atoms with Crippen molar-refractivity contribution < 1.29 is 4.42 Å². The van der Waals surface area contributed by atoms with Gasteiger partial charge < -0.3 is 9.73 Å². The van der Waals surface area contributed by atoms with Crippen molar-refractivity contribution in [1.29, 1.82) is 0 Å². The van der Waals surface area contributed by atoms with Crippen LogP contribution in [0, 0.1) is 5.41 Å². The molecule has 2 rings (SSSR count). The zero-order valence-electron chi connectivity index (χ0n) is 10.5. The lowest BCUT2D eigenvalue weighted by Crippen LogP contribution is -2.55. The van der Waals surface area contributed by atoms with E-state index in [0.717, 1.165) is 31.9 Å². The van der Waals surface area contributed by atoms with Crippen molar-refractivity contribution in [3.8, 4) is 0 Å². The van der Waals surface area contributed by atoms with Crippen LogP contribution in [0.3, 0.4) is 0 Å². The largest absolute Gasteiger partial charge is 0.468 e. The van der Waals surface area contributed by atoms with E-state index in [4.69, 9.17) is 4.42 Å². The summed E-state index contributed by atoms with van der Waals surface area (Å²) in [5.74, 6) is 1.06. The molecule has 0 aliphatic carbocycles. The molecule has 1 unspecified atom stereocenters.